The lowest BCUT2D eigenvalue weighted by Crippen LogP contribution is -2.06. The minimum absolute atomic E-state index is 0.295. The number of hydrogen-bond acceptors (Lipinski definition) is 3. The van der Waals surface area contributed by atoms with Crippen LogP contribution in [0.2, 0.25) is 0 Å². The van der Waals surface area contributed by atoms with Crippen LogP contribution in [0.3, 0.4) is 0 Å². The molecule has 0 spiro atoms. The van der Waals surface area contributed by atoms with Gasteiger partial charge in [-0.15, -0.1) is 0 Å². The zero-order valence-electron chi connectivity index (χ0n) is 22.3. The highest BCUT2D eigenvalue weighted by Crippen LogP contribution is 2.34. The lowest BCUT2D eigenvalue weighted by Gasteiger charge is -2.17. The number of carbonyl (C=O) groups is 1. The SMILES string of the molecule is CCCCc1nc2ccc(-c3nc4ccccc4n3C)cc2n1-c1cccc(-c2ccccc2C(=O)O)c1C. The number of imidazole rings is 2. The number of nitrogens with zero attached hydrogens (tertiary/aromatic N) is 4. The molecule has 0 aliphatic rings. The first-order valence-electron chi connectivity index (χ1n) is 13.3. The summed E-state index contributed by atoms with van der Waals surface area (Å²) in [4.78, 5) is 22.0. The van der Waals surface area contributed by atoms with Crippen molar-refractivity contribution in [2.45, 2.75) is 33.1 Å². The standard InChI is InChI=1S/C33H30N4O2/c1-4-5-17-31-34-27-19-18-22(32-35-26-14-8-9-15-29(26)36(32)3)20-30(27)37(31)28-16-10-13-23(21(28)2)24-11-6-7-12-25(24)33(38)39/h6-16,18-20H,4-5,17H2,1-3H3,(H,38,39). The van der Waals surface area contributed by atoms with Crippen molar-refractivity contribution < 1.29 is 9.90 Å². The molecule has 0 saturated heterocycles. The van der Waals surface area contributed by atoms with Crippen LogP contribution < -0.4 is 0 Å². The summed E-state index contributed by atoms with van der Waals surface area (Å²) in [5.74, 6) is 0.974. The molecule has 4 aromatic carbocycles. The van der Waals surface area contributed by atoms with E-state index in [9.17, 15) is 9.90 Å². The van der Waals surface area contributed by atoms with E-state index in [1.54, 1.807) is 12.1 Å². The molecule has 39 heavy (non-hydrogen) atoms. The smallest absolute Gasteiger partial charge is 0.336 e. The molecule has 0 aliphatic carbocycles. The van der Waals surface area contributed by atoms with Gasteiger partial charge in [0.2, 0.25) is 0 Å². The molecule has 0 bridgehead atoms. The maximum atomic E-state index is 12.0. The van der Waals surface area contributed by atoms with Gasteiger partial charge in [0.1, 0.15) is 11.6 Å². The third-order valence-corrected chi connectivity index (χ3v) is 7.52. The van der Waals surface area contributed by atoms with Crippen molar-refractivity contribution >= 4 is 28.0 Å². The Hall–Kier alpha value is -4.71. The second-order valence-electron chi connectivity index (χ2n) is 9.95. The second-order valence-corrected chi connectivity index (χ2v) is 9.95. The van der Waals surface area contributed by atoms with Gasteiger partial charge in [-0.2, -0.15) is 0 Å². The molecule has 0 saturated carbocycles. The number of benzene rings is 4. The zero-order valence-corrected chi connectivity index (χ0v) is 22.3. The summed E-state index contributed by atoms with van der Waals surface area (Å²) in [6.07, 6.45) is 2.95. The largest absolute Gasteiger partial charge is 0.478 e. The topological polar surface area (TPSA) is 72.9 Å². The maximum absolute atomic E-state index is 12.0. The van der Waals surface area contributed by atoms with Crippen molar-refractivity contribution in [3.8, 4) is 28.2 Å². The Morgan fingerprint density at radius 3 is 2.38 bits per heavy atom. The minimum Gasteiger partial charge on any atom is -0.478 e. The Balaban J connectivity index is 1.58. The number of fused-ring (bicyclic) bond motifs is 2. The van der Waals surface area contributed by atoms with E-state index in [4.69, 9.17) is 9.97 Å². The van der Waals surface area contributed by atoms with E-state index in [1.807, 2.05) is 49.5 Å². The van der Waals surface area contributed by atoms with Crippen LogP contribution in [0.4, 0.5) is 0 Å². The van der Waals surface area contributed by atoms with Gasteiger partial charge in [-0.1, -0.05) is 55.8 Å². The average molecular weight is 515 g/mol. The molecule has 6 nitrogen and oxygen atoms in total. The van der Waals surface area contributed by atoms with E-state index in [1.165, 1.54) is 0 Å². The van der Waals surface area contributed by atoms with E-state index in [0.717, 1.165) is 75.4 Å². The van der Waals surface area contributed by atoms with Crippen LogP contribution in [-0.2, 0) is 13.5 Å². The molecule has 6 aromatic rings. The molecule has 0 aliphatic heterocycles. The van der Waals surface area contributed by atoms with Gasteiger partial charge in [-0.25, -0.2) is 14.8 Å². The number of rotatable bonds is 7. The van der Waals surface area contributed by atoms with Crippen LogP contribution >= 0.6 is 0 Å². The molecule has 0 unspecified atom stereocenters. The van der Waals surface area contributed by atoms with Crippen LogP contribution in [0, 0.1) is 6.92 Å². The summed E-state index contributed by atoms with van der Waals surface area (Å²) in [6, 6.07) is 27.8. The van der Waals surface area contributed by atoms with E-state index < -0.39 is 5.97 Å². The molecule has 6 heteroatoms. The van der Waals surface area contributed by atoms with Crippen LogP contribution in [0.15, 0.2) is 84.9 Å². The first kappa shape index (κ1) is 24.6. The third-order valence-electron chi connectivity index (χ3n) is 7.52. The summed E-state index contributed by atoms with van der Waals surface area (Å²) < 4.78 is 4.38. The molecule has 0 atom stereocenters. The number of unbranched alkanes of at least 4 members (excludes halogenated alkanes) is 1. The molecule has 0 radical (unpaired) electrons. The van der Waals surface area contributed by atoms with Gasteiger partial charge in [-0.05, 0) is 72.5 Å². The van der Waals surface area contributed by atoms with Gasteiger partial charge in [0.05, 0.1) is 33.3 Å². The number of aryl methyl sites for hydroxylation is 2. The Bertz CT molecular complexity index is 1860. The first-order chi connectivity index (χ1) is 19.0. The fourth-order valence-electron chi connectivity index (χ4n) is 5.50. The highest BCUT2D eigenvalue weighted by Gasteiger charge is 2.20. The number of carboxylic acids is 1. The first-order valence-corrected chi connectivity index (χ1v) is 13.3. The average Bonchev–Trinajstić information content (AvgIpc) is 3.49. The quantitative estimate of drug-likeness (QED) is 0.238. The van der Waals surface area contributed by atoms with Crippen LogP contribution in [0.1, 0.15) is 41.5 Å². The van der Waals surface area contributed by atoms with Crippen molar-refractivity contribution in [3.05, 3.63) is 102 Å². The van der Waals surface area contributed by atoms with Gasteiger partial charge >= 0.3 is 5.97 Å². The summed E-state index contributed by atoms with van der Waals surface area (Å²) >= 11 is 0. The molecule has 0 fully saturated rings. The predicted octanol–water partition coefficient (Wildman–Crippen LogP) is 7.60. The minimum atomic E-state index is -0.931. The maximum Gasteiger partial charge on any atom is 0.336 e. The zero-order chi connectivity index (χ0) is 27.1. The molecule has 0 amide bonds. The van der Waals surface area contributed by atoms with Gasteiger partial charge in [0.15, 0.2) is 0 Å². The van der Waals surface area contributed by atoms with Crippen LogP contribution in [0.25, 0.3) is 50.3 Å². The fraction of sp³-hybridized carbons (Fsp3) is 0.182. The molecule has 1 N–H and O–H groups in total. The third kappa shape index (κ3) is 4.18. The van der Waals surface area contributed by atoms with Gasteiger partial charge in [0, 0.05) is 19.0 Å². The summed E-state index contributed by atoms with van der Waals surface area (Å²) in [5.41, 5.74) is 8.94. The van der Waals surface area contributed by atoms with Gasteiger partial charge in [0.25, 0.3) is 0 Å². The lowest BCUT2D eigenvalue weighted by atomic mass is 9.95. The Kier molecular flexibility index (Phi) is 6.23. The highest BCUT2D eigenvalue weighted by molar-refractivity contribution is 5.97. The fourth-order valence-corrected chi connectivity index (χ4v) is 5.50. The van der Waals surface area contributed by atoms with Crippen LogP contribution in [0.5, 0.6) is 0 Å². The van der Waals surface area contributed by atoms with Crippen molar-refractivity contribution in [1.82, 2.24) is 19.1 Å². The van der Waals surface area contributed by atoms with Crippen molar-refractivity contribution in [2.75, 3.05) is 0 Å². The number of carboxylic acid groups (broad SMARTS) is 1. The monoisotopic (exact) mass is 514 g/mol. The molecule has 6 rings (SSSR count). The Morgan fingerprint density at radius 2 is 1.59 bits per heavy atom. The van der Waals surface area contributed by atoms with Gasteiger partial charge < -0.3 is 9.67 Å². The van der Waals surface area contributed by atoms with Crippen molar-refractivity contribution in [2.24, 2.45) is 7.05 Å². The highest BCUT2D eigenvalue weighted by atomic mass is 16.4. The van der Waals surface area contributed by atoms with Gasteiger partial charge in [-0.3, -0.25) is 4.57 Å². The van der Waals surface area contributed by atoms with E-state index in [-0.39, 0.29) is 0 Å². The Labute approximate surface area is 227 Å². The lowest BCUT2D eigenvalue weighted by molar-refractivity contribution is 0.0697. The van der Waals surface area contributed by atoms with E-state index >= 15 is 0 Å². The predicted molar refractivity (Wildman–Crippen MR) is 157 cm³/mol. The number of hydrogen-bond donors (Lipinski definition) is 1. The number of para-hydroxylation sites is 2. The number of aromatic nitrogens is 4. The molecular formula is C33H30N4O2. The number of aromatic carboxylic acids is 1. The van der Waals surface area contributed by atoms with Crippen LogP contribution in [-0.4, -0.2) is 30.2 Å². The van der Waals surface area contributed by atoms with E-state index in [2.05, 4.69) is 53.3 Å². The summed E-state index contributed by atoms with van der Waals surface area (Å²) in [5, 5.41) is 9.84. The summed E-state index contributed by atoms with van der Waals surface area (Å²) in [6.45, 7) is 4.25. The second kappa shape index (κ2) is 9.87. The van der Waals surface area contributed by atoms with E-state index in [0.29, 0.717) is 11.1 Å². The summed E-state index contributed by atoms with van der Waals surface area (Å²) in [7, 11) is 2.05. The molecule has 2 aromatic heterocycles. The Morgan fingerprint density at radius 1 is 0.846 bits per heavy atom. The normalized spacial score (nSPS) is 11.5. The van der Waals surface area contributed by atoms with Crippen molar-refractivity contribution in [3.63, 3.8) is 0 Å². The van der Waals surface area contributed by atoms with Crippen molar-refractivity contribution in [1.29, 1.82) is 0 Å². The molecule has 194 valence electrons. The molecular weight excluding hydrogens is 484 g/mol. The molecule has 2 heterocycles.